The SMILES string of the molecule is Cc1ccc(CN(C)C(=O)Cn2cc(S(=O)(=O)N(C)C)ccc2=O)o1. The first-order chi connectivity index (χ1) is 11.6. The Bertz CT molecular complexity index is 927. The number of carbonyl (C=O) groups is 1. The fraction of sp³-hybridized carbons (Fsp3) is 0.375. The van der Waals surface area contributed by atoms with Crippen LogP contribution in [0.25, 0.3) is 0 Å². The lowest BCUT2D eigenvalue weighted by atomic mass is 10.4. The molecule has 0 saturated heterocycles. The molecule has 0 aliphatic carbocycles. The molecule has 0 unspecified atom stereocenters. The molecular formula is C16H21N3O5S. The van der Waals surface area contributed by atoms with Gasteiger partial charge in [-0.3, -0.25) is 9.59 Å². The van der Waals surface area contributed by atoms with E-state index in [4.69, 9.17) is 4.42 Å². The van der Waals surface area contributed by atoms with E-state index in [-0.39, 0.29) is 23.9 Å². The third-order valence-corrected chi connectivity index (χ3v) is 5.45. The van der Waals surface area contributed by atoms with E-state index in [9.17, 15) is 18.0 Å². The molecule has 25 heavy (non-hydrogen) atoms. The Morgan fingerprint density at radius 1 is 1.16 bits per heavy atom. The summed E-state index contributed by atoms with van der Waals surface area (Å²) in [6.45, 7) is 1.81. The summed E-state index contributed by atoms with van der Waals surface area (Å²) in [5.74, 6) is 1.04. The summed E-state index contributed by atoms with van der Waals surface area (Å²) < 4.78 is 31.9. The van der Waals surface area contributed by atoms with Gasteiger partial charge in [0.1, 0.15) is 18.1 Å². The molecule has 0 spiro atoms. The average molecular weight is 367 g/mol. The van der Waals surface area contributed by atoms with E-state index in [0.29, 0.717) is 5.76 Å². The molecule has 0 aliphatic heterocycles. The van der Waals surface area contributed by atoms with E-state index >= 15 is 0 Å². The fourth-order valence-corrected chi connectivity index (χ4v) is 3.08. The zero-order chi connectivity index (χ0) is 18.8. The van der Waals surface area contributed by atoms with Crippen molar-refractivity contribution in [2.24, 2.45) is 0 Å². The van der Waals surface area contributed by atoms with Crippen molar-refractivity contribution in [2.75, 3.05) is 21.1 Å². The number of hydrogen-bond acceptors (Lipinski definition) is 5. The summed E-state index contributed by atoms with van der Waals surface area (Å²) in [4.78, 5) is 25.7. The minimum absolute atomic E-state index is 0.0470. The molecule has 136 valence electrons. The predicted octanol–water partition coefficient (Wildman–Crippen LogP) is 0.659. The third kappa shape index (κ3) is 4.37. The number of amides is 1. The number of aryl methyl sites for hydroxylation is 1. The van der Waals surface area contributed by atoms with Crippen molar-refractivity contribution in [1.82, 2.24) is 13.8 Å². The van der Waals surface area contributed by atoms with Crippen molar-refractivity contribution in [3.8, 4) is 0 Å². The van der Waals surface area contributed by atoms with Crippen LogP contribution in [0.4, 0.5) is 0 Å². The van der Waals surface area contributed by atoms with Gasteiger partial charge in [-0.1, -0.05) is 0 Å². The number of pyridine rings is 1. The van der Waals surface area contributed by atoms with Gasteiger partial charge in [-0.05, 0) is 25.1 Å². The van der Waals surface area contributed by atoms with E-state index in [1.165, 1.54) is 31.3 Å². The van der Waals surface area contributed by atoms with E-state index in [2.05, 4.69) is 0 Å². The topological polar surface area (TPSA) is 92.8 Å². The van der Waals surface area contributed by atoms with E-state index in [0.717, 1.165) is 20.7 Å². The monoisotopic (exact) mass is 367 g/mol. The van der Waals surface area contributed by atoms with Crippen molar-refractivity contribution < 1.29 is 17.6 Å². The summed E-state index contributed by atoms with van der Waals surface area (Å²) >= 11 is 0. The number of sulfonamides is 1. The van der Waals surface area contributed by atoms with Crippen LogP contribution < -0.4 is 5.56 Å². The molecule has 1 amide bonds. The van der Waals surface area contributed by atoms with Crippen LogP contribution in [0.15, 0.2) is 44.6 Å². The van der Waals surface area contributed by atoms with Gasteiger partial charge in [0.15, 0.2) is 0 Å². The summed E-state index contributed by atoms with van der Waals surface area (Å²) in [6.07, 6.45) is 1.18. The van der Waals surface area contributed by atoms with Crippen molar-refractivity contribution in [1.29, 1.82) is 0 Å². The summed E-state index contributed by atoms with van der Waals surface area (Å²) in [5, 5.41) is 0. The molecule has 0 aromatic carbocycles. The highest BCUT2D eigenvalue weighted by Gasteiger charge is 2.19. The molecule has 0 atom stereocenters. The Hall–Kier alpha value is -2.39. The van der Waals surface area contributed by atoms with Gasteiger partial charge in [0, 0.05) is 33.4 Å². The van der Waals surface area contributed by atoms with Gasteiger partial charge in [0.05, 0.1) is 11.4 Å². The Balaban J connectivity index is 2.18. The minimum Gasteiger partial charge on any atom is -0.464 e. The maximum atomic E-state index is 12.3. The Kier molecular flexibility index (Phi) is 5.48. The molecule has 2 aromatic heterocycles. The first kappa shape index (κ1) is 18.9. The largest absolute Gasteiger partial charge is 0.464 e. The highest BCUT2D eigenvalue weighted by molar-refractivity contribution is 7.89. The number of carbonyl (C=O) groups excluding carboxylic acids is 1. The lowest BCUT2D eigenvalue weighted by Gasteiger charge is -2.17. The molecule has 0 fully saturated rings. The Morgan fingerprint density at radius 3 is 2.40 bits per heavy atom. The van der Waals surface area contributed by atoms with Crippen molar-refractivity contribution in [3.05, 3.63) is 52.3 Å². The minimum atomic E-state index is -3.68. The number of hydrogen-bond donors (Lipinski definition) is 0. The van der Waals surface area contributed by atoms with E-state index in [1.54, 1.807) is 19.2 Å². The number of nitrogens with zero attached hydrogens (tertiary/aromatic N) is 3. The molecule has 0 bridgehead atoms. The standard InChI is InChI=1S/C16H21N3O5S/c1-12-5-6-13(24-12)9-18(4)16(21)11-19-10-14(7-8-15(19)20)25(22,23)17(2)3/h5-8,10H,9,11H2,1-4H3. The van der Waals surface area contributed by atoms with Crippen LogP contribution in [0.3, 0.4) is 0 Å². The second kappa shape index (κ2) is 7.24. The predicted molar refractivity (Wildman–Crippen MR) is 91.5 cm³/mol. The molecular weight excluding hydrogens is 346 g/mol. The van der Waals surface area contributed by atoms with Crippen LogP contribution in [0.5, 0.6) is 0 Å². The van der Waals surface area contributed by atoms with Crippen LogP contribution >= 0.6 is 0 Å². The zero-order valence-electron chi connectivity index (χ0n) is 14.6. The third-order valence-electron chi connectivity index (χ3n) is 3.66. The first-order valence-corrected chi connectivity index (χ1v) is 8.97. The highest BCUT2D eigenvalue weighted by Crippen LogP contribution is 2.11. The van der Waals surface area contributed by atoms with Crippen LogP contribution in [-0.4, -0.2) is 49.2 Å². The molecule has 2 aromatic rings. The van der Waals surface area contributed by atoms with Crippen molar-refractivity contribution >= 4 is 15.9 Å². The van der Waals surface area contributed by atoms with Gasteiger partial charge in [-0.25, -0.2) is 12.7 Å². The average Bonchev–Trinajstić information content (AvgIpc) is 2.94. The maximum absolute atomic E-state index is 12.3. The summed E-state index contributed by atoms with van der Waals surface area (Å²) in [5.41, 5.74) is -0.451. The van der Waals surface area contributed by atoms with E-state index < -0.39 is 15.6 Å². The number of furan rings is 1. The number of rotatable bonds is 6. The van der Waals surface area contributed by atoms with Gasteiger partial charge in [-0.15, -0.1) is 0 Å². The van der Waals surface area contributed by atoms with Gasteiger partial charge in [0.25, 0.3) is 5.56 Å². The van der Waals surface area contributed by atoms with Crippen molar-refractivity contribution in [2.45, 2.75) is 24.9 Å². The second-order valence-corrected chi connectivity index (χ2v) is 8.03. The number of likely N-dealkylation sites (N-methyl/N-ethyl adjacent to an activating group) is 1. The zero-order valence-corrected chi connectivity index (χ0v) is 15.4. The van der Waals surface area contributed by atoms with Crippen LogP contribution in [-0.2, 0) is 27.9 Å². The summed E-state index contributed by atoms with van der Waals surface area (Å²) in [6, 6.07) is 5.94. The molecule has 0 saturated carbocycles. The van der Waals surface area contributed by atoms with Gasteiger partial charge >= 0.3 is 0 Å². The molecule has 0 aliphatic rings. The Morgan fingerprint density at radius 2 is 1.84 bits per heavy atom. The smallest absolute Gasteiger partial charge is 0.251 e. The molecule has 0 radical (unpaired) electrons. The fourth-order valence-electron chi connectivity index (χ4n) is 2.15. The molecule has 8 nitrogen and oxygen atoms in total. The molecule has 0 N–H and O–H groups in total. The van der Waals surface area contributed by atoms with Crippen molar-refractivity contribution in [3.63, 3.8) is 0 Å². The molecule has 9 heteroatoms. The van der Waals surface area contributed by atoms with Crippen LogP contribution in [0.2, 0.25) is 0 Å². The molecule has 2 rings (SSSR count). The van der Waals surface area contributed by atoms with Crippen LogP contribution in [0.1, 0.15) is 11.5 Å². The first-order valence-electron chi connectivity index (χ1n) is 7.53. The molecule has 2 heterocycles. The second-order valence-electron chi connectivity index (χ2n) is 5.88. The highest BCUT2D eigenvalue weighted by atomic mass is 32.2. The van der Waals surface area contributed by atoms with Gasteiger partial charge < -0.3 is 13.9 Å². The maximum Gasteiger partial charge on any atom is 0.251 e. The normalized spacial score (nSPS) is 11.7. The lowest BCUT2D eigenvalue weighted by Crippen LogP contribution is -2.34. The quantitative estimate of drug-likeness (QED) is 0.748. The van der Waals surface area contributed by atoms with Gasteiger partial charge in [0.2, 0.25) is 15.9 Å². The Labute approximate surface area is 146 Å². The van der Waals surface area contributed by atoms with Gasteiger partial charge in [-0.2, -0.15) is 0 Å². The number of aromatic nitrogens is 1. The summed E-state index contributed by atoms with van der Waals surface area (Å²) in [7, 11) is 0.700. The lowest BCUT2D eigenvalue weighted by molar-refractivity contribution is -0.131. The van der Waals surface area contributed by atoms with Crippen LogP contribution in [0, 0.1) is 6.92 Å². The van der Waals surface area contributed by atoms with E-state index in [1.807, 2.05) is 6.92 Å².